The maximum Gasteiger partial charge on any atom is 0.317 e. The van der Waals surface area contributed by atoms with Crippen LogP contribution in [0.1, 0.15) is 18.6 Å². The van der Waals surface area contributed by atoms with Crippen molar-refractivity contribution in [3.05, 3.63) is 24.2 Å². The molecule has 0 aliphatic carbocycles. The van der Waals surface area contributed by atoms with Crippen molar-refractivity contribution in [3.63, 3.8) is 0 Å². The molecule has 19 heavy (non-hydrogen) atoms. The van der Waals surface area contributed by atoms with E-state index < -0.39 is 0 Å². The lowest BCUT2D eigenvalue weighted by Gasteiger charge is -2.36. The summed E-state index contributed by atoms with van der Waals surface area (Å²) in [6.07, 6.45) is 4.64. The van der Waals surface area contributed by atoms with E-state index in [2.05, 4.69) is 24.3 Å². The van der Waals surface area contributed by atoms with E-state index >= 15 is 0 Å². The van der Waals surface area contributed by atoms with Crippen molar-refractivity contribution in [2.45, 2.75) is 25.3 Å². The Kier molecular flexibility index (Phi) is 4.85. The minimum atomic E-state index is 0.0399. The lowest BCUT2D eigenvalue weighted by Crippen LogP contribution is -2.50. The average Bonchev–Trinajstić information content (AvgIpc) is 2.92. The fraction of sp³-hybridized carbons (Fsp3) is 0.643. The molecule has 1 fully saturated rings. The number of urea groups is 1. The number of furan rings is 1. The van der Waals surface area contributed by atoms with Crippen LogP contribution in [-0.4, -0.2) is 55.6 Å². The first-order valence-corrected chi connectivity index (χ1v) is 6.88. The van der Waals surface area contributed by atoms with Gasteiger partial charge in [0, 0.05) is 32.1 Å². The molecule has 1 aliphatic rings. The normalized spacial score (nSPS) is 19.7. The van der Waals surface area contributed by atoms with Crippen LogP contribution in [0, 0.1) is 0 Å². The summed E-state index contributed by atoms with van der Waals surface area (Å²) >= 11 is 0. The lowest BCUT2D eigenvalue weighted by atomic mass is 10.1. The Bertz CT molecular complexity index is 389. The molecule has 2 heterocycles. The minimum Gasteiger partial charge on any atom is -0.469 e. The summed E-state index contributed by atoms with van der Waals surface area (Å²) in [5, 5.41) is 2.96. The van der Waals surface area contributed by atoms with Gasteiger partial charge in [0.15, 0.2) is 0 Å². The Hall–Kier alpha value is -1.49. The van der Waals surface area contributed by atoms with Crippen LogP contribution in [0.5, 0.6) is 0 Å². The molecule has 1 atom stereocenters. The molecule has 0 saturated carbocycles. The van der Waals surface area contributed by atoms with E-state index in [4.69, 9.17) is 4.42 Å². The predicted octanol–water partition coefficient (Wildman–Crippen LogP) is 1.56. The SMILES string of the molecule is CN(C)[C@@H]1CCCN(C(=O)NCCc2ccco2)C1. The Labute approximate surface area is 114 Å². The smallest absolute Gasteiger partial charge is 0.317 e. The molecule has 1 saturated heterocycles. The van der Waals surface area contributed by atoms with E-state index in [1.165, 1.54) is 6.42 Å². The van der Waals surface area contributed by atoms with Crippen LogP contribution in [0.25, 0.3) is 0 Å². The highest BCUT2D eigenvalue weighted by Gasteiger charge is 2.24. The van der Waals surface area contributed by atoms with Gasteiger partial charge >= 0.3 is 6.03 Å². The van der Waals surface area contributed by atoms with Crippen molar-refractivity contribution in [2.24, 2.45) is 0 Å². The molecule has 0 bridgehead atoms. The fourth-order valence-corrected chi connectivity index (χ4v) is 2.42. The van der Waals surface area contributed by atoms with E-state index in [0.29, 0.717) is 12.6 Å². The molecule has 5 nitrogen and oxygen atoms in total. The van der Waals surface area contributed by atoms with Gasteiger partial charge in [-0.25, -0.2) is 4.79 Å². The van der Waals surface area contributed by atoms with Gasteiger partial charge in [0.1, 0.15) is 5.76 Å². The zero-order valence-corrected chi connectivity index (χ0v) is 11.8. The fourth-order valence-electron chi connectivity index (χ4n) is 2.42. The number of likely N-dealkylation sites (tertiary alicyclic amines) is 1. The summed E-state index contributed by atoms with van der Waals surface area (Å²) in [7, 11) is 4.14. The molecule has 2 amide bonds. The van der Waals surface area contributed by atoms with Crippen molar-refractivity contribution in [3.8, 4) is 0 Å². The minimum absolute atomic E-state index is 0.0399. The van der Waals surface area contributed by atoms with Gasteiger partial charge in [-0.2, -0.15) is 0 Å². The molecule has 0 spiro atoms. The summed E-state index contributed by atoms with van der Waals surface area (Å²) in [6, 6.07) is 4.31. The number of rotatable bonds is 4. The quantitative estimate of drug-likeness (QED) is 0.898. The monoisotopic (exact) mass is 265 g/mol. The molecule has 1 N–H and O–H groups in total. The second-order valence-electron chi connectivity index (χ2n) is 5.27. The van der Waals surface area contributed by atoms with Gasteiger partial charge in [-0.1, -0.05) is 0 Å². The zero-order chi connectivity index (χ0) is 13.7. The second-order valence-corrected chi connectivity index (χ2v) is 5.27. The second kappa shape index (κ2) is 6.61. The first-order chi connectivity index (χ1) is 9.16. The molecular weight excluding hydrogens is 242 g/mol. The van der Waals surface area contributed by atoms with Crippen LogP contribution in [0.3, 0.4) is 0 Å². The van der Waals surface area contributed by atoms with Crippen molar-refractivity contribution in [1.29, 1.82) is 0 Å². The van der Waals surface area contributed by atoms with Crippen LogP contribution >= 0.6 is 0 Å². The number of nitrogens with one attached hydrogen (secondary N) is 1. The number of amides is 2. The first-order valence-electron chi connectivity index (χ1n) is 6.88. The third-order valence-corrected chi connectivity index (χ3v) is 3.64. The third-order valence-electron chi connectivity index (χ3n) is 3.64. The maximum absolute atomic E-state index is 12.1. The van der Waals surface area contributed by atoms with Crippen molar-refractivity contribution in [2.75, 3.05) is 33.7 Å². The lowest BCUT2D eigenvalue weighted by molar-refractivity contribution is 0.140. The summed E-state index contributed by atoms with van der Waals surface area (Å²) in [5.41, 5.74) is 0. The number of nitrogens with zero attached hydrogens (tertiary/aromatic N) is 2. The van der Waals surface area contributed by atoms with Gasteiger partial charge in [-0.3, -0.25) is 0 Å². The topological polar surface area (TPSA) is 48.7 Å². The van der Waals surface area contributed by atoms with E-state index in [1.54, 1.807) is 6.26 Å². The van der Waals surface area contributed by atoms with Gasteiger partial charge in [0.05, 0.1) is 6.26 Å². The standard InChI is InChI=1S/C14H23N3O2/c1-16(2)12-5-3-9-17(11-12)14(18)15-8-7-13-6-4-10-19-13/h4,6,10,12H,3,5,7-9,11H2,1-2H3,(H,15,18)/t12-/m1/s1. The van der Waals surface area contributed by atoms with Gasteiger partial charge < -0.3 is 19.5 Å². The van der Waals surface area contributed by atoms with E-state index in [9.17, 15) is 4.79 Å². The Morgan fingerprint density at radius 2 is 2.42 bits per heavy atom. The Balaban J connectivity index is 1.73. The highest BCUT2D eigenvalue weighted by Crippen LogP contribution is 2.13. The molecule has 1 aromatic heterocycles. The van der Waals surface area contributed by atoms with Gasteiger partial charge in [0.25, 0.3) is 0 Å². The van der Waals surface area contributed by atoms with Crippen molar-refractivity contribution in [1.82, 2.24) is 15.1 Å². The molecule has 0 unspecified atom stereocenters. The maximum atomic E-state index is 12.1. The van der Waals surface area contributed by atoms with E-state index in [0.717, 1.165) is 31.7 Å². The molecule has 0 radical (unpaired) electrons. The summed E-state index contributed by atoms with van der Waals surface area (Å²) in [6.45, 7) is 2.30. The third kappa shape index (κ3) is 3.99. The van der Waals surface area contributed by atoms with E-state index in [-0.39, 0.29) is 6.03 Å². The van der Waals surface area contributed by atoms with Gasteiger partial charge in [0.2, 0.25) is 0 Å². The molecule has 0 aromatic carbocycles. The van der Waals surface area contributed by atoms with Crippen molar-refractivity contribution < 1.29 is 9.21 Å². The summed E-state index contributed by atoms with van der Waals surface area (Å²) < 4.78 is 5.24. The number of piperidine rings is 1. The highest BCUT2D eigenvalue weighted by molar-refractivity contribution is 5.74. The molecule has 1 aromatic rings. The zero-order valence-electron chi connectivity index (χ0n) is 11.8. The van der Waals surface area contributed by atoms with Crippen LogP contribution in [0.2, 0.25) is 0 Å². The van der Waals surface area contributed by atoms with Crippen LogP contribution in [0.4, 0.5) is 4.79 Å². The number of hydrogen-bond acceptors (Lipinski definition) is 3. The molecule has 5 heteroatoms. The number of carbonyl (C=O) groups excluding carboxylic acids is 1. The molecule has 106 valence electrons. The summed E-state index contributed by atoms with van der Waals surface area (Å²) in [4.78, 5) is 16.2. The number of likely N-dealkylation sites (N-methyl/N-ethyl adjacent to an activating group) is 1. The van der Waals surface area contributed by atoms with E-state index in [1.807, 2.05) is 17.0 Å². The molecule has 1 aliphatic heterocycles. The average molecular weight is 265 g/mol. The Morgan fingerprint density at radius 3 is 3.11 bits per heavy atom. The van der Waals surface area contributed by atoms with Crippen LogP contribution in [0.15, 0.2) is 22.8 Å². The molecular formula is C14H23N3O2. The predicted molar refractivity (Wildman–Crippen MR) is 74.1 cm³/mol. The van der Waals surface area contributed by atoms with Crippen molar-refractivity contribution >= 4 is 6.03 Å². The van der Waals surface area contributed by atoms with Crippen LogP contribution < -0.4 is 5.32 Å². The first kappa shape index (κ1) is 13.9. The van der Waals surface area contributed by atoms with Crippen LogP contribution in [-0.2, 0) is 6.42 Å². The summed E-state index contributed by atoms with van der Waals surface area (Å²) in [5.74, 6) is 0.908. The van der Waals surface area contributed by atoms with Gasteiger partial charge in [-0.05, 0) is 39.1 Å². The number of carbonyl (C=O) groups is 1. The molecule has 2 rings (SSSR count). The van der Waals surface area contributed by atoms with Gasteiger partial charge in [-0.15, -0.1) is 0 Å². The largest absolute Gasteiger partial charge is 0.469 e. The highest BCUT2D eigenvalue weighted by atomic mass is 16.3. The number of hydrogen-bond donors (Lipinski definition) is 1. The Morgan fingerprint density at radius 1 is 1.58 bits per heavy atom.